The summed E-state index contributed by atoms with van der Waals surface area (Å²) in [5.41, 5.74) is 5.69. The first-order chi connectivity index (χ1) is 12.3. The predicted molar refractivity (Wildman–Crippen MR) is 103 cm³/mol. The lowest BCUT2D eigenvalue weighted by Gasteiger charge is -2.27. The van der Waals surface area contributed by atoms with Gasteiger partial charge < -0.3 is 0 Å². The van der Waals surface area contributed by atoms with Crippen LogP contribution in [-0.4, -0.2) is 10.8 Å². The summed E-state index contributed by atoms with van der Waals surface area (Å²) < 4.78 is 0. The highest BCUT2D eigenvalue weighted by Crippen LogP contribution is 2.42. The van der Waals surface area contributed by atoms with Crippen molar-refractivity contribution in [2.24, 2.45) is 5.10 Å². The molecule has 0 fully saturated rings. The normalized spacial score (nSPS) is 19.1. The van der Waals surface area contributed by atoms with Gasteiger partial charge in [-0.3, -0.25) is 10.2 Å². The van der Waals surface area contributed by atoms with Crippen LogP contribution in [0.1, 0.15) is 21.5 Å². The van der Waals surface area contributed by atoms with E-state index in [0.29, 0.717) is 5.56 Å². The maximum atomic E-state index is 13.4. The Bertz CT molecular complexity index is 910. The lowest BCUT2D eigenvalue weighted by molar-refractivity contribution is 0.0925. The van der Waals surface area contributed by atoms with Crippen LogP contribution in [0.2, 0.25) is 0 Å². The summed E-state index contributed by atoms with van der Waals surface area (Å²) in [7, 11) is 0. The maximum Gasteiger partial charge on any atom is 0.205 e. The van der Waals surface area contributed by atoms with Crippen LogP contribution in [0.5, 0.6) is 0 Å². The van der Waals surface area contributed by atoms with Gasteiger partial charge in [-0.2, -0.15) is 5.10 Å². The molecule has 3 aromatic carbocycles. The number of ketones is 1. The molecule has 1 N–H and O–H groups in total. The Kier molecular flexibility index (Phi) is 4.12. The van der Waals surface area contributed by atoms with Gasteiger partial charge in [-0.1, -0.05) is 103 Å². The lowest BCUT2D eigenvalue weighted by atomic mass is 9.97. The van der Waals surface area contributed by atoms with Crippen molar-refractivity contribution in [1.82, 2.24) is 5.43 Å². The molecule has 1 aliphatic rings. The first-order valence-electron chi connectivity index (χ1n) is 8.04. The molecule has 0 unspecified atom stereocenters. The van der Waals surface area contributed by atoms with E-state index >= 15 is 0 Å². The van der Waals surface area contributed by atoms with E-state index in [1.165, 1.54) is 11.8 Å². The summed E-state index contributed by atoms with van der Waals surface area (Å²) in [6, 6.07) is 29.0. The fourth-order valence-electron chi connectivity index (χ4n) is 2.84. The van der Waals surface area contributed by atoms with Crippen molar-refractivity contribution in [2.75, 3.05) is 0 Å². The topological polar surface area (TPSA) is 41.5 Å². The van der Waals surface area contributed by atoms with Crippen LogP contribution in [0.3, 0.4) is 0 Å². The second-order valence-electron chi connectivity index (χ2n) is 5.74. The molecule has 122 valence electrons. The SMILES string of the molecule is O=C(c1ccccc1)[C@@]1(c2ccccc2)NN=C(c2ccccc2)S1. The fourth-order valence-corrected chi connectivity index (χ4v) is 4.03. The van der Waals surface area contributed by atoms with Crippen LogP contribution in [-0.2, 0) is 4.87 Å². The van der Waals surface area contributed by atoms with Crippen LogP contribution >= 0.6 is 11.8 Å². The van der Waals surface area contributed by atoms with Gasteiger partial charge in [0, 0.05) is 11.1 Å². The third-order valence-corrected chi connectivity index (χ3v) is 5.46. The molecule has 1 heterocycles. The Labute approximate surface area is 150 Å². The number of carbonyl (C=O) groups is 1. The number of nitrogens with zero attached hydrogens (tertiary/aromatic N) is 1. The monoisotopic (exact) mass is 344 g/mol. The molecule has 1 aliphatic heterocycles. The Morgan fingerprint density at radius 1 is 0.800 bits per heavy atom. The van der Waals surface area contributed by atoms with Crippen molar-refractivity contribution in [2.45, 2.75) is 4.87 Å². The number of carbonyl (C=O) groups excluding carboxylic acids is 1. The Balaban J connectivity index is 1.76. The summed E-state index contributed by atoms with van der Waals surface area (Å²) in [6.07, 6.45) is 0. The Morgan fingerprint density at radius 3 is 2.00 bits per heavy atom. The third-order valence-electron chi connectivity index (χ3n) is 4.12. The number of thioether (sulfide) groups is 1. The van der Waals surface area contributed by atoms with E-state index < -0.39 is 4.87 Å². The summed E-state index contributed by atoms with van der Waals surface area (Å²) >= 11 is 1.46. The minimum absolute atomic E-state index is 0.000943. The number of benzene rings is 3. The minimum Gasteiger partial charge on any atom is -0.290 e. The van der Waals surface area contributed by atoms with Crippen LogP contribution in [0.15, 0.2) is 96.1 Å². The quantitative estimate of drug-likeness (QED) is 0.712. The molecule has 0 radical (unpaired) electrons. The molecule has 0 saturated carbocycles. The van der Waals surface area contributed by atoms with Crippen molar-refractivity contribution in [3.8, 4) is 0 Å². The van der Waals surface area contributed by atoms with Crippen LogP contribution in [0.25, 0.3) is 0 Å². The molecule has 25 heavy (non-hydrogen) atoms. The minimum atomic E-state index is -0.951. The Hall–Kier alpha value is -2.85. The Morgan fingerprint density at radius 2 is 1.36 bits per heavy atom. The van der Waals surface area contributed by atoms with Gasteiger partial charge in [0.05, 0.1) is 0 Å². The molecule has 0 aromatic heterocycles. The van der Waals surface area contributed by atoms with Crippen molar-refractivity contribution < 1.29 is 4.79 Å². The highest BCUT2D eigenvalue weighted by molar-refractivity contribution is 8.16. The summed E-state index contributed by atoms with van der Waals surface area (Å²) in [6.45, 7) is 0. The zero-order chi connectivity index (χ0) is 17.1. The molecule has 3 nitrogen and oxygen atoms in total. The molecule has 0 amide bonds. The molecule has 0 spiro atoms. The fraction of sp³-hybridized carbons (Fsp3) is 0.0476. The highest BCUT2D eigenvalue weighted by Gasteiger charge is 2.46. The van der Waals surface area contributed by atoms with Gasteiger partial charge in [-0.25, -0.2) is 0 Å². The van der Waals surface area contributed by atoms with Crippen LogP contribution in [0.4, 0.5) is 0 Å². The number of hydrogen-bond donors (Lipinski definition) is 1. The number of rotatable bonds is 4. The molecule has 4 heteroatoms. The van der Waals surface area contributed by atoms with Crippen molar-refractivity contribution in [3.05, 3.63) is 108 Å². The number of nitrogens with one attached hydrogen (secondary N) is 1. The zero-order valence-electron chi connectivity index (χ0n) is 13.4. The molecular formula is C21H16N2OS. The third kappa shape index (κ3) is 2.85. The van der Waals surface area contributed by atoms with Gasteiger partial charge in [-0.05, 0) is 5.56 Å². The summed E-state index contributed by atoms with van der Waals surface area (Å²) in [5.74, 6) is -0.000943. The summed E-state index contributed by atoms with van der Waals surface area (Å²) in [4.78, 5) is 12.4. The van der Waals surface area contributed by atoms with Crippen molar-refractivity contribution >= 4 is 22.6 Å². The van der Waals surface area contributed by atoms with Crippen LogP contribution < -0.4 is 5.43 Å². The van der Waals surface area contributed by atoms with Gasteiger partial charge in [-0.15, -0.1) is 0 Å². The van der Waals surface area contributed by atoms with Crippen LogP contribution in [0, 0.1) is 0 Å². The van der Waals surface area contributed by atoms with Gasteiger partial charge in [0.25, 0.3) is 0 Å². The maximum absolute atomic E-state index is 13.4. The van der Waals surface area contributed by atoms with Gasteiger partial charge in [0.15, 0.2) is 4.87 Å². The molecule has 0 aliphatic carbocycles. The van der Waals surface area contributed by atoms with Gasteiger partial charge >= 0.3 is 0 Å². The summed E-state index contributed by atoms with van der Waals surface area (Å²) in [5, 5.41) is 5.30. The largest absolute Gasteiger partial charge is 0.290 e. The molecule has 3 aromatic rings. The highest BCUT2D eigenvalue weighted by atomic mass is 32.2. The van der Waals surface area contributed by atoms with Crippen molar-refractivity contribution in [1.29, 1.82) is 0 Å². The molecular weight excluding hydrogens is 328 g/mol. The van der Waals surface area contributed by atoms with Gasteiger partial charge in [0.1, 0.15) is 5.04 Å². The predicted octanol–water partition coefficient (Wildman–Crippen LogP) is 4.42. The van der Waals surface area contributed by atoms with E-state index in [9.17, 15) is 4.79 Å². The first-order valence-corrected chi connectivity index (χ1v) is 8.86. The first kappa shape index (κ1) is 15.7. The second-order valence-corrected chi connectivity index (χ2v) is 6.94. The van der Waals surface area contributed by atoms with Gasteiger partial charge in [0.2, 0.25) is 5.78 Å². The van der Waals surface area contributed by atoms with E-state index in [0.717, 1.165) is 16.2 Å². The van der Waals surface area contributed by atoms with E-state index in [1.54, 1.807) is 0 Å². The van der Waals surface area contributed by atoms with E-state index in [1.807, 2.05) is 91.0 Å². The van der Waals surface area contributed by atoms with Crippen molar-refractivity contribution in [3.63, 3.8) is 0 Å². The molecule has 1 atom stereocenters. The molecule has 0 saturated heterocycles. The number of Topliss-reactive ketones (excluding diaryl/α,β-unsaturated/α-hetero) is 1. The average molecular weight is 344 g/mol. The number of hydrazone groups is 1. The standard InChI is InChI=1S/C21H16N2OS/c24-19(16-10-4-1-5-11-16)21(18-14-8-3-9-15-18)23-22-20(25-21)17-12-6-2-7-13-17/h1-15,23H/t21-/m0/s1. The van der Waals surface area contributed by atoms with E-state index in [4.69, 9.17) is 0 Å². The second kappa shape index (κ2) is 6.57. The number of hydrogen-bond acceptors (Lipinski definition) is 4. The zero-order valence-corrected chi connectivity index (χ0v) is 14.2. The molecule has 0 bridgehead atoms. The van der Waals surface area contributed by atoms with E-state index in [-0.39, 0.29) is 5.78 Å². The molecule has 4 rings (SSSR count). The smallest absolute Gasteiger partial charge is 0.205 e. The lowest BCUT2D eigenvalue weighted by Crippen LogP contribution is -2.41. The average Bonchev–Trinajstić information content (AvgIpc) is 3.16. The van der Waals surface area contributed by atoms with E-state index in [2.05, 4.69) is 10.5 Å².